The highest BCUT2D eigenvalue weighted by Crippen LogP contribution is 2.51. The van der Waals surface area contributed by atoms with Gasteiger partial charge in [-0.3, -0.25) is 4.79 Å². The van der Waals surface area contributed by atoms with Crippen LogP contribution in [0.15, 0.2) is 84.9 Å². The predicted molar refractivity (Wildman–Crippen MR) is 105 cm³/mol. The van der Waals surface area contributed by atoms with Crippen molar-refractivity contribution in [1.82, 2.24) is 0 Å². The van der Waals surface area contributed by atoms with Gasteiger partial charge >= 0.3 is 0 Å². The van der Waals surface area contributed by atoms with E-state index in [1.54, 1.807) is 0 Å². The van der Waals surface area contributed by atoms with Gasteiger partial charge in [-0.05, 0) is 47.1 Å². The van der Waals surface area contributed by atoms with E-state index in [2.05, 4.69) is 60.7 Å². The number of benzene rings is 3. The normalized spacial score (nSPS) is 20.6. The zero-order valence-electron chi connectivity index (χ0n) is 14.6. The summed E-state index contributed by atoms with van der Waals surface area (Å²) < 4.78 is 0. The van der Waals surface area contributed by atoms with E-state index in [0.29, 0.717) is 0 Å². The van der Waals surface area contributed by atoms with E-state index in [-0.39, 0.29) is 5.78 Å². The van der Waals surface area contributed by atoms with Crippen LogP contribution in [0.3, 0.4) is 0 Å². The number of allylic oxidation sites excluding steroid dienone is 2. The Bertz CT molecular complexity index is 1030. The van der Waals surface area contributed by atoms with E-state index in [0.717, 1.165) is 24.8 Å². The van der Waals surface area contributed by atoms with Crippen LogP contribution < -0.4 is 0 Å². The lowest BCUT2D eigenvalue weighted by Gasteiger charge is -2.30. The molecule has 1 nitrogen and oxygen atoms in total. The minimum atomic E-state index is -0.488. The summed E-state index contributed by atoms with van der Waals surface area (Å²) in [6, 6.07) is 27.1. The van der Waals surface area contributed by atoms with Gasteiger partial charge in [-0.1, -0.05) is 84.9 Å². The summed E-state index contributed by atoms with van der Waals surface area (Å²) in [6.07, 6.45) is 4.75. The highest BCUT2D eigenvalue weighted by molar-refractivity contribution is 6.12. The maximum Gasteiger partial charge on any atom is 0.174 e. The third kappa shape index (κ3) is 2.20. The maximum absolute atomic E-state index is 13.7. The van der Waals surface area contributed by atoms with Gasteiger partial charge in [-0.2, -0.15) is 0 Å². The van der Waals surface area contributed by atoms with Crippen molar-refractivity contribution in [2.45, 2.75) is 19.3 Å². The minimum Gasteiger partial charge on any atom is -0.293 e. The van der Waals surface area contributed by atoms with Gasteiger partial charge < -0.3 is 0 Å². The molecule has 26 heavy (non-hydrogen) atoms. The van der Waals surface area contributed by atoms with Gasteiger partial charge in [0.05, 0.1) is 5.41 Å². The van der Waals surface area contributed by atoms with Crippen molar-refractivity contribution in [3.05, 3.63) is 113 Å². The molecule has 0 bridgehead atoms. The molecule has 0 saturated heterocycles. The van der Waals surface area contributed by atoms with Gasteiger partial charge in [-0.25, -0.2) is 0 Å². The number of rotatable bonds is 3. The third-order valence-electron chi connectivity index (χ3n) is 5.89. The fraction of sp³-hybridized carbons (Fsp3) is 0.160. The van der Waals surface area contributed by atoms with Crippen molar-refractivity contribution in [2.24, 2.45) is 5.41 Å². The second-order valence-corrected chi connectivity index (χ2v) is 7.39. The van der Waals surface area contributed by atoms with E-state index < -0.39 is 5.41 Å². The van der Waals surface area contributed by atoms with Crippen molar-refractivity contribution in [3.63, 3.8) is 0 Å². The molecule has 5 rings (SSSR count). The molecule has 0 saturated carbocycles. The van der Waals surface area contributed by atoms with Gasteiger partial charge in [0.15, 0.2) is 5.78 Å². The van der Waals surface area contributed by atoms with E-state index in [9.17, 15) is 4.79 Å². The molecule has 3 aromatic carbocycles. The molecular formula is C25H20O. The zero-order chi connectivity index (χ0) is 17.6. The Labute approximate surface area is 154 Å². The van der Waals surface area contributed by atoms with Crippen molar-refractivity contribution >= 4 is 11.4 Å². The first-order chi connectivity index (χ1) is 12.8. The summed E-state index contributed by atoms with van der Waals surface area (Å²) in [6.45, 7) is 0. The van der Waals surface area contributed by atoms with Crippen LogP contribution >= 0.6 is 0 Å². The molecule has 2 aliphatic carbocycles. The molecule has 1 atom stereocenters. The summed E-state index contributed by atoms with van der Waals surface area (Å²) in [5.74, 6) is 0.278. The molecule has 0 radical (unpaired) electrons. The first-order valence-corrected chi connectivity index (χ1v) is 9.23. The molecule has 1 unspecified atom stereocenters. The van der Waals surface area contributed by atoms with Crippen LogP contribution in [0.1, 0.15) is 32.6 Å². The van der Waals surface area contributed by atoms with Crippen LogP contribution in [0.4, 0.5) is 0 Å². The summed E-state index contributed by atoms with van der Waals surface area (Å²) in [4.78, 5) is 13.7. The monoisotopic (exact) mass is 336 g/mol. The Morgan fingerprint density at radius 3 is 2.15 bits per heavy atom. The third-order valence-corrected chi connectivity index (χ3v) is 5.89. The summed E-state index contributed by atoms with van der Waals surface area (Å²) >= 11 is 0. The fourth-order valence-corrected chi connectivity index (χ4v) is 4.70. The van der Waals surface area contributed by atoms with E-state index in [1.807, 2.05) is 24.3 Å². The van der Waals surface area contributed by atoms with Gasteiger partial charge in [0.2, 0.25) is 0 Å². The van der Waals surface area contributed by atoms with E-state index >= 15 is 0 Å². The highest BCUT2D eigenvalue weighted by atomic mass is 16.1. The number of fused-ring (bicyclic) bond motifs is 2. The number of hydrogen-bond donors (Lipinski definition) is 0. The van der Waals surface area contributed by atoms with Gasteiger partial charge in [0.25, 0.3) is 0 Å². The van der Waals surface area contributed by atoms with E-state index in [4.69, 9.17) is 0 Å². The SMILES string of the molecule is O=C1c2ccccc2CC1(Cc1ccccc1)C1=CCc2ccccc21. The smallest absolute Gasteiger partial charge is 0.174 e. The number of ketones is 1. The van der Waals surface area contributed by atoms with Gasteiger partial charge in [-0.15, -0.1) is 0 Å². The first kappa shape index (κ1) is 15.3. The molecule has 0 heterocycles. The first-order valence-electron chi connectivity index (χ1n) is 9.23. The van der Waals surface area contributed by atoms with Crippen molar-refractivity contribution < 1.29 is 4.79 Å². The quantitative estimate of drug-likeness (QED) is 0.635. The molecular weight excluding hydrogens is 316 g/mol. The number of Topliss-reactive ketones (excluding diaryl/α,β-unsaturated/α-hetero) is 1. The Kier molecular flexibility index (Phi) is 3.43. The van der Waals surface area contributed by atoms with Crippen LogP contribution in [0, 0.1) is 5.41 Å². The van der Waals surface area contributed by atoms with Crippen molar-refractivity contribution in [1.29, 1.82) is 0 Å². The van der Waals surface area contributed by atoms with Crippen LogP contribution in [0.2, 0.25) is 0 Å². The van der Waals surface area contributed by atoms with Crippen molar-refractivity contribution in [3.8, 4) is 0 Å². The lowest BCUT2D eigenvalue weighted by Crippen LogP contribution is -2.32. The highest BCUT2D eigenvalue weighted by Gasteiger charge is 2.49. The summed E-state index contributed by atoms with van der Waals surface area (Å²) in [5, 5.41) is 0. The van der Waals surface area contributed by atoms with E-state index in [1.165, 1.54) is 27.8 Å². The van der Waals surface area contributed by atoms with Crippen LogP contribution in [-0.4, -0.2) is 5.78 Å². The lowest BCUT2D eigenvalue weighted by atomic mass is 9.70. The summed E-state index contributed by atoms with van der Waals surface area (Å²) in [7, 11) is 0. The molecule has 126 valence electrons. The van der Waals surface area contributed by atoms with Crippen LogP contribution in [-0.2, 0) is 19.3 Å². The Balaban J connectivity index is 1.68. The Hall–Kier alpha value is -2.93. The number of carbonyl (C=O) groups excluding carboxylic acids is 1. The second kappa shape index (κ2) is 5.81. The molecule has 0 spiro atoms. The lowest BCUT2D eigenvalue weighted by molar-refractivity contribution is 0.0884. The second-order valence-electron chi connectivity index (χ2n) is 7.39. The molecule has 1 heteroatoms. The topological polar surface area (TPSA) is 17.1 Å². The van der Waals surface area contributed by atoms with Gasteiger partial charge in [0, 0.05) is 5.56 Å². The van der Waals surface area contributed by atoms with Crippen LogP contribution in [0.25, 0.3) is 5.57 Å². The molecule has 2 aliphatic rings. The maximum atomic E-state index is 13.7. The summed E-state index contributed by atoms with van der Waals surface area (Å²) in [5.41, 5.74) is 6.62. The molecule has 0 fully saturated rings. The van der Waals surface area contributed by atoms with Gasteiger partial charge in [0.1, 0.15) is 0 Å². The Morgan fingerprint density at radius 2 is 1.38 bits per heavy atom. The molecule has 0 N–H and O–H groups in total. The molecule has 0 aliphatic heterocycles. The van der Waals surface area contributed by atoms with Crippen LogP contribution in [0.5, 0.6) is 0 Å². The average molecular weight is 336 g/mol. The number of hydrogen-bond acceptors (Lipinski definition) is 1. The molecule has 0 amide bonds. The van der Waals surface area contributed by atoms with Crippen molar-refractivity contribution in [2.75, 3.05) is 0 Å². The standard InChI is InChI=1S/C25H20O/c26-24-22-13-7-5-11-20(22)17-25(24,16-18-8-2-1-3-9-18)23-15-14-19-10-4-6-12-21(19)23/h1-13,15H,14,16-17H2. The predicted octanol–water partition coefficient (Wildman–Crippen LogP) is 5.29. The number of carbonyl (C=O) groups is 1. The largest absolute Gasteiger partial charge is 0.293 e. The Morgan fingerprint density at radius 1 is 0.731 bits per heavy atom. The molecule has 3 aromatic rings. The molecule has 0 aromatic heterocycles. The zero-order valence-corrected chi connectivity index (χ0v) is 14.6. The average Bonchev–Trinajstić information content (AvgIpc) is 3.23. The minimum absolute atomic E-state index is 0.278. The fourth-order valence-electron chi connectivity index (χ4n) is 4.70.